The van der Waals surface area contributed by atoms with Crippen LogP contribution in [-0.2, 0) is 27.9 Å². The number of anilines is 1. The van der Waals surface area contributed by atoms with Crippen molar-refractivity contribution < 1.29 is 45.8 Å². The van der Waals surface area contributed by atoms with Gasteiger partial charge >= 0.3 is 16.1 Å². The summed E-state index contributed by atoms with van der Waals surface area (Å²) in [4.78, 5) is 27.5. The van der Waals surface area contributed by atoms with Gasteiger partial charge in [-0.3, -0.25) is 4.79 Å². The number of phenolic OH excluding ortho intramolecular Hbond substituents is 1. The lowest BCUT2D eigenvalue weighted by molar-refractivity contribution is -0.918. The van der Waals surface area contributed by atoms with E-state index in [1.165, 1.54) is 41.0 Å². The SMILES string of the molecule is Cc1c(S(=O)(=O)Oc2ccc(NC(=O)/[N+](=C3/CCC[N+](C)(Cc4ccc5c(c4)OCO5)C3)[C@@H](Cc3ccc(O)cc3)C(N)=O)cc2)sc2cc(Cl)ccc12. The van der Waals surface area contributed by atoms with Crippen molar-refractivity contribution in [3.05, 3.63) is 107 Å². The van der Waals surface area contributed by atoms with Crippen molar-refractivity contribution in [1.82, 2.24) is 0 Å². The van der Waals surface area contributed by atoms with Gasteiger partial charge in [-0.25, -0.2) is 5.32 Å². The monoisotopic (exact) mass is 790 g/mol. The van der Waals surface area contributed by atoms with E-state index in [-0.39, 0.29) is 28.9 Å². The third-order valence-electron chi connectivity index (χ3n) is 9.69. The average Bonchev–Trinajstić information content (AvgIpc) is 3.73. The number of piperidine rings is 1. The number of amides is 3. The average molecular weight is 791 g/mol. The number of carbonyl (C=O) groups is 2. The Balaban J connectivity index is 1.15. The Kier molecular flexibility index (Phi) is 10.3. The van der Waals surface area contributed by atoms with E-state index in [1.54, 1.807) is 37.3 Å². The minimum Gasteiger partial charge on any atom is -0.508 e. The summed E-state index contributed by atoms with van der Waals surface area (Å²) in [6.45, 7) is 3.85. The molecule has 54 heavy (non-hydrogen) atoms. The maximum absolute atomic E-state index is 14.3. The van der Waals surface area contributed by atoms with Crippen LogP contribution >= 0.6 is 22.9 Å². The van der Waals surface area contributed by atoms with Crippen LogP contribution < -0.4 is 24.7 Å². The predicted octanol–water partition coefficient (Wildman–Crippen LogP) is 6.59. The van der Waals surface area contributed by atoms with Gasteiger partial charge in [0.15, 0.2) is 21.8 Å². The number of carbonyl (C=O) groups excluding carboxylic acids is 2. The van der Waals surface area contributed by atoms with E-state index in [0.717, 1.165) is 45.7 Å². The van der Waals surface area contributed by atoms with Crippen LogP contribution in [0, 0.1) is 6.92 Å². The normalized spacial score (nSPS) is 18.3. The van der Waals surface area contributed by atoms with Crippen molar-refractivity contribution in [1.29, 1.82) is 0 Å². The summed E-state index contributed by atoms with van der Waals surface area (Å²) in [5.41, 5.74) is 9.46. The lowest BCUT2D eigenvalue weighted by Gasteiger charge is -2.38. The molecule has 4 aromatic carbocycles. The number of aryl methyl sites for hydroxylation is 1. The van der Waals surface area contributed by atoms with Gasteiger partial charge in [-0.15, -0.1) is 11.3 Å². The zero-order valence-corrected chi connectivity index (χ0v) is 32.0. The van der Waals surface area contributed by atoms with Crippen molar-refractivity contribution in [3.8, 4) is 23.0 Å². The zero-order valence-electron chi connectivity index (χ0n) is 29.6. The lowest BCUT2D eigenvalue weighted by atomic mass is 10.0. The molecule has 0 saturated carbocycles. The number of quaternary nitrogens is 1. The summed E-state index contributed by atoms with van der Waals surface area (Å²) in [5.74, 6) is 0.839. The molecule has 0 spiro atoms. The number of hydrogen-bond donors (Lipinski definition) is 3. The standard InChI is InChI=1S/C39H37ClN4O8S2/c1-24-32-15-8-27(40)20-36(32)53-38(24)54(48,49)52-31-13-9-28(10-14-31)42-39(47)43(33(37(41)46)18-25-5-11-30(45)12-6-25)29-4-3-17-44(2,22-29)21-26-7-16-34-35(19-26)51-23-50-34/h5-16,19-20,33H,3-4,17-18,21-23H2,1-2H3,(H2-2,41,42,45,46,47)/p+2/b43-29-/t33-,44?/m0/s1. The highest BCUT2D eigenvalue weighted by Gasteiger charge is 2.39. The minimum atomic E-state index is -4.18. The van der Waals surface area contributed by atoms with Crippen LogP contribution in [0.4, 0.5) is 10.5 Å². The summed E-state index contributed by atoms with van der Waals surface area (Å²) in [6, 6.07) is 21.8. The highest BCUT2D eigenvalue weighted by atomic mass is 35.5. The molecular formula is C39H39ClN4O8S2+2. The quantitative estimate of drug-likeness (QED) is 0.0813. The van der Waals surface area contributed by atoms with Crippen LogP contribution in [-0.4, -0.2) is 73.2 Å². The first-order chi connectivity index (χ1) is 25.8. The molecule has 1 saturated heterocycles. The summed E-state index contributed by atoms with van der Waals surface area (Å²) < 4.78 is 46.1. The Morgan fingerprint density at radius 1 is 1.02 bits per heavy atom. The molecule has 7 rings (SSSR count). The summed E-state index contributed by atoms with van der Waals surface area (Å²) >= 11 is 7.20. The van der Waals surface area contributed by atoms with Gasteiger partial charge < -0.3 is 29.0 Å². The fourth-order valence-electron chi connectivity index (χ4n) is 7.11. The van der Waals surface area contributed by atoms with Crippen molar-refractivity contribution in [2.45, 2.75) is 43.0 Å². The van der Waals surface area contributed by atoms with Crippen molar-refractivity contribution in [3.63, 3.8) is 0 Å². The molecular weight excluding hydrogens is 752 g/mol. The number of halogens is 1. The maximum Gasteiger partial charge on any atom is 0.496 e. The number of aromatic hydroxyl groups is 1. The maximum atomic E-state index is 14.3. The van der Waals surface area contributed by atoms with Gasteiger partial charge in [0.05, 0.1) is 13.6 Å². The molecule has 280 valence electrons. The smallest absolute Gasteiger partial charge is 0.496 e. The molecule has 0 radical (unpaired) electrons. The second-order valence-electron chi connectivity index (χ2n) is 13.8. The van der Waals surface area contributed by atoms with Gasteiger partial charge in [0.25, 0.3) is 5.91 Å². The largest absolute Gasteiger partial charge is 0.508 e. The van der Waals surface area contributed by atoms with Crippen LogP contribution in [0.2, 0.25) is 5.02 Å². The summed E-state index contributed by atoms with van der Waals surface area (Å²) in [5, 5.41) is 14.0. The number of phenols is 1. The molecule has 1 fully saturated rings. The number of fused-ring (bicyclic) bond motifs is 2. The summed E-state index contributed by atoms with van der Waals surface area (Å²) in [6.07, 6.45) is 1.44. The number of likely N-dealkylation sites (tertiary alicyclic amines) is 1. The topological polar surface area (TPSA) is 157 Å². The molecule has 1 aromatic heterocycles. The Morgan fingerprint density at radius 3 is 2.48 bits per heavy atom. The number of hydrogen-bond acceptors (Lipinski definition) is 9. The van der Waals surface area contributed by atoms with Gasteiger partial charge in [0.1, 0.15) is 36.0 Å². The molecule has 0 aliphatic carbocycles. The second kappa shape index (κ2) is 14.9. The molecule has 3 amide bonds. The van der Waals surface area contributed by atoms with Crippen LogP contribution in [0.5, 0.6) is 23.0 Å². The number of nitrogens with zero attached hydrogens (tertiary/aromatic N) is 2. The zero-order chi connectivity index (χ0) is 38.2. The fraction of sp³-hybridized carbons (Fsp3) is 0.256. The number of benzene rings is 4. The highest BCUT2D eigenvalue weighted by molar-refractivity contribution is 7.89. The van der Waals surface area contributed by atoms with E-state index in [2.05, 4.69) is 12.4 Å². The van der Waals surface area contributed by atoms with E-state index in [9.17, 15) is 23.1 Å². The van der Waals surface area contributed by atoms with E-state index in [1.807, 2.05) is 18.2 Å². The predicted molar refractivity (Wildman–Crippen MR) is 206 cm³/mol. The molecule has 1 unspecified atom stereocenters. The van der Waals surface area contributed by atoms with Gasteiger partial charge in [0, 0.05) is 34.5 Å². The molecule has 5 aromatic rings. The van der Waals surface area contributed by atoms with E-state index in [4.69, 9.17) is 31.0 Å². The molecule has 12 nitrogen and oxygen atoms in total. The van der Waals surface area contributed by atoms with Gasteiger partial charge in [-0.05, 0) is 90.2 Å². The number of ether oxygens (including phenoxy) is 2. The Labute approximate surface area is 321 Å². The molecule has 4 N–H and O–H groups in total. The van der Waals surface area contributed by atoms with Crippen LogP contribution in [0.25, 0.3) is 10.1 Å². The van der Waals surface area contributed by atoms with E-state index >= 15 is 0 Å². The third-order valence-corrected chi connectivity index (χ3v) is 13.0. The van der Waals surface area contributed by atoms with Crippen LogP contribution in [0.3, 0.4) is 0 Å². The van der Waals surface area contributed by atoms with Crippen LogP contribution in [0.1, 0.15) is 29.5 Å². The highest BCUT2D eigenvalue weighted by Crippen LogP contribution is 2.37. The second-order valence-corrected chi connectivity index (χ2v) is 17.1. The Bertz CT molecular complexity index is 2400. The van der Waals surface area contributed by atoms with E-state index < -0.39 is 28.1 Å². The Hall–Kier alpha value is -5.15. The first kappa shape index (κ1) is 37.2. The van der Waals surface area contributed by atoms with Gasteiger partial charge in [-0.2, -0.15) is 17.8 Å². The molecule has 2 atom stereocenters. The number of rotatable bonds is 10. The molecule has 2 aliphatic rings. The number of nitrogens with two attached hydrogens (primary N) is 1. The fourth-order valence-corrected chi connectivity index (χ4v) is 10.0. The van der Waals surface area contributed by atoms with Gasteiger partial charge in [-0.1, -0.05) is 29.8 Å². The first-order valence-electron chi connectivity index (χ1n) is 17.2. The number of primary amides is 1. The molecule has 2 aliphatic heterocycles. The van der Waals surface area contributed by atoms with Crippen molar-refractivity contribution >= 4 is 66.5 Å². The molecule has 0 bridgehead atoms. The first-order valence-corrected chi connectivity index (χ1v) is 19.8. The Morgan fingerprint density at radius 2 is 1.74 bits per heavy atom. The lowest BCUT2D eigenvalue weighted by Crippen LogP contribution is -2.56. The van der Waals surface area contributed by atoms with Crippen LogP contribution in [0.15, 0.2) is 89.1 Å². The molecule has 15 heteroatoms. The number of thiophene rings is 1. The third kappa shape index (κ3) is 8.02. The molecule has 3 heterocycles. The van der Waals surface area contributed by atoms with Gasteiger partial charge in [0.2, 0.25) is 6.79 Å². The number of nitrogens with one attached hydrogen (secondary N) is 1. The van der Waals surface area contributed by atoms with Crippen molar-refractivity contribution in [2.24, 2.45) is 5.73 Å². The van der Waals surface area contributed by atoms with E-state index in [0.29, 0.717) is 57.3 Å². The van der Waals surface area contributed by atoms with Crippen molar-refractivity contribution in [2.75, 3.05) is 32.2 Å². The summed E-state index contributed by atoms with van der Waals surface area (Å²) in [7, 11) is -2.07. The minimum absolute atomic E-state index is 0.0559. The number of urea groups is 1.